The van der Waals surface area contributed by atoms with Crippen molar-refractivity contribution in [3.05, 3.63) is 84.4 Å². The van der Waals surface area contributed by atoms with Crippen molar-refractivity contribution in [2.45, 2.75) is 6.42 Å². The van der Waals surface area contributed by atoms with Gasteiger partial charge in [-0.1, -0.05) is 48.5 Å². The Bertz CT molecular complexity index is 1070. The van der Waals surface area contributed by atoms with E-state index in [0.29, 0.717) is 24.2 Å². The number of benzene rings is 3. The van der Waals surface area contributed by atoms with E-state index >= 15 is 0 Å². The maximum absolute atomic E-state index is 11.9. The Kier molecular flexibility index (Phi) is 7.27. The van der Waals surface area contributed by atoms with Gasteiger partial charge in [0.15, 0.2) is 0 Å². The van der Waals surface area contributed by atoms with Crippen LogP contribution in [0.2, 0.25) is 0 Å². The third-order valence-electron chi connectivity index (χ3n) is 5.01. The van der Waals surface area contributed by atoms with E-state index in [2.05, 4.69) is 0 Å². The van der Waals surface area contributed by atoms with Gasteiger partial charge in [0, 0.05) is 11.9 Å². The van der Waals surface area contributed by atoms with Gasteiger partial charge in [-0.2, -0.15) is 0 Å². The van der Waals surface area contributed by atoms with Crippen molar-refractivity contribution in [3.63, 3.8) is 0 Å². The molecule has 3 aromatic rings. The molecular weight excluding hydrogens is 421 g/mol. The molecule has 1 saturated heterocycles. The number of nitrogens with zero attached hydrogens (tertiary/aromatic N) is 1. The fourth-order valence-corrected chi connectivity index (χ4v) is 3.40. The van der Waals surface area contributed by atoms with E-state index in [1.165, 1.54) is 0 Å². The summed E-state index contributed by atoms with van der Waals surface area (Å²) in [6, 6.07) is 24.5. The van der Waals surface area contributed by atoms with Gasteiger partial charge in [0.05, 0.1) is 19.7 Å². The zero-order valence-electron chi connectivity index (χ0n) is 18.3. The van der Waals surface area contributed by atoms with Crippen LogP contribution in [0.1, 0.15) is 5.56 Å². The Hall–Kier alpha value is -3.78. The Morgan fingerprint density at radius 1 is 0.818 bits per heavy atom. The van der Waals surface area contributed by atoms with Gasteiger partial charge in [0.25, 0.3) is 0 Å². The maximum Gasteiger partial charge on any atom is 0.636 e. The summed E-state index contributed by atoms with van der Waals surface area (Å²) < 4.78 is 22.4. The molecule has 1 aliphatic heterocycles. The lowest BCUT2D eigenvalue weighted by Crippen LogP contribution is -2.47. The van der Waals surface area contributed by atoms with Gasteiger partial charge in [0.1, 0.15) is 17.2 Å². The molecule has 0 unspecified atom stereocenters. The number of para-hydroxylation sites is 2. The van der Waals surface area contributed by atoms with E-state index in [0.717, 1.165) is 17.1 Å². The van der Waals surface area contributed by atoms with E-state index in [1.807, 2.05) is 54.6 Å². The second-order valence-electron chi connectivity index (χ2n) is 7.67. The van der Waals surface area contributed by atoms with E-state index in [4.69, 9.17) is 18.8 Å². The first kappa shape index (κ1) is 22.4. The van der Waals surface area contributed by atoms with Gasteiger partial charge in [0.2, 0.25) is 0 Å². The summed E-state index contributed by atoms with van der Waals surface area (Å²) >= 11 is 0. The lowest BCUT2D eigenvalue weighted by molar-refractivity contribution is -0.145. The number of rotatable bonds is 7. The Morgan fingerprint density at radius 3 is 2.15 bits per heavy atom. The van der Waals surface area contributed by atoms with Crippen LogP contribution in [0.4, 0.5) is 0 Å². The highest BCUT2D eigenvalue weighted by Crippen LogP contribution is 2.25. The summed E-state index contributed by atoms with van der Waals surface area (Å²) in [5.74, 6) is 1.33. The maximum atomic E-state index is 11.9. The minimum atomic E-state index is -1.06. The van der Waals surface area contributed by atoms with Crippen LogP contribution in [0.3, 0.4) is 0 Å². The quantitative estimate of drug-likeness (QED) is 0.518. The molecular formula is C25H24BNO6. The molecule has 4 rings (SSSR count). The highest BCUT2D eigenvalue weighted by atomic mass is 16.6. The zero-order valence-corrected chi connectivity index (χ0v) is 18.3. The van der Waals surface area contributed by atoms with E-state index in [1.54, 1.807) is 36.2 Å². The van der Waals surface area contributed by atoms with Crippen molar-refractivity contribution in [3.8, 4) is 17.2 Å². The van der Waals surface area contributed by atoms with Gasteiger partial charge in [-0.25, -0.2) is 0 Å². The molecule has 0 spiro atoms. The molecule has 0 N–H and O–H groups in total. The van der Waals surface area contributed by atoms with Crippen LogP contribution in [0.25, 0.3) is 0 Å². The molecule has 0 aromatic heterocycles. The van der Waals surface area contributed by atoms with Gasteiger partial charge in [-0.15, -0.1) is 0 Å². The minimum absolute atomic E-state index is 0.0300. The third-order valence-corrected chi connectivity index (χ3v) is 5.01. The number of carbonyl (C=O) groups excluding carboxylic acids is 2. The molecule has 1 fully saturated rings. The standard InChI is InChI=1S/C25H24BNO6/c1-27-17-24(28)32-26(33-25(29)18-27)20-11-13-21(14-12-20)30-16-15-19-7-5-6-10-23(19)31-22-8-3-2-4-9-22/h2-14H,15-18H2,1H3. The summed E-state index contributed by atoms with van der Waals surface area (Å²) in [5, 5.41) is 0. The average molecular weight is 445 g/mol. The summed E-state index contributed by atoms with van der Waals surface area (Å²) in [6.07, 6.45) is 0.663. The fraction of sp³-hybridized carbons (Fsp3) is 0.200. The number of likely N-dealkylation sites (N-methyl/N-ethyl adjacent to an activating group) is 1. The van der Waals surface area contributed by atoms with Gasteiger partial charge >= 0.3 is 19.1 Å². The van der Waals surface area contributed by atoms with Crippen LogP contribution < -0.4 is 14.9 Å². The molecule has 0 atom stereocenters. The predicted molar refractivity (Wildman–Crippen MR) is 124 cm³/mol. The number of ether oxygens (including phenoxy) is 2. The largest absolute Gasteiger partial charge is 0.636 e. The van der Waals surface area contributed by atoms with Crippen LogP contribution in [0, 0.1) is 0 Å². The molecule has 1 heterocycles. The normalized spacial score (nSPS) is 14.6. The van der Waals surface area contributed by atoms with Crippen molar-refractivity contribution in [2.24, 2.45) is 0 Å². The molecule has 7 nitrogen and oxygen atoms in total. The summed E-state index contributed by atoms with van der Waals surface area (Å²) in [6.45, 7) is 0.513. The van der Waals surface area contributed by atoms with Crippen molar-refractivity contribution >= 4 is 24.5 Å². The van der Waals surface area contributed by atoms with E-state index in [-0.39, 0.29) is 13.1 Å². The first-order valence-corrected chi connectivity index (χ1v) is 10.7. The highest BCUT2D eigenvalue weighted by molar-refractivity contribution is 6.64. The van der Waals surface area contributed by atoms with Crippen molar-refractivity contribution in [2.75, 3.05) is 26.7 Å². The fourth-order valence-electron chi connectivity index (χ4n) is 3.40. The van der Waals surface area contributed by atoms with Gasteiger partial charge in [-0.3, -0.25) is 14.5 Å². The Morgan fingerprint density at radius 2 is 1.45 bits per heavy atom. The van der Waals surface area contributed by atoms with Gasteiger partial charge in [-0.05, 0) is 42.9 Å². The molecule has 1 aliphatic rings. The first-order chi connectivity index (χ1) is 16.1. The monoisotopic (exact) mass is 445 g/mol. The smallest absolute Gasteiger partial charge is 0.494 e. The third kappa shape index (κ3) is 6.36. The molecule has 0 aliphatic carbocycles. The van der Waals surface area contributed by atoms with Crippen LogP contribution in [0.15, 0.2) is 78.9 Å². The number of carbonyl (C=O) groups is 2. The van der Waals surface area contributed by atoms with Crippen molar-refractivity contribution in [1.82, 2.24) is 4.90 Å². The van der Waals surface area contributed by atoms with E-state index < -0.39 is 19.1 Å². The number of hydrogen-bond acceptors (Lipinski definition) is 7. The lowest BCUT2D eigenvalue weighted by Gasteiger charge is -2.22. The van der Waals surface area contributed by atoms with Crippen LogP contribution >= 0.6 is 0 Å². The summed E-state index contributed by atoms with van der Waals surface area (Å²) in [4.78, 5) is 25.4. The molecule has 0 amide bonds. The predicted octanol–water partition coefficient (Wildman–Crippen LogP) is 2.83. The van der Waals surface area contributed by atoms with Gasteiger partial charge < -0.3 is 18.8 Å². The van der Waals surface area contributed by atoms with Crippen LogP contribution in [0.5, 0.6) is 17.2 Å². The van der Waals surface area contributed by atoms with E-state index in [9.17, 15) is 9.59 Å². The topological polar surface area (TPSA) is 74.3 Å². The molecule has 8 heteroatoms. The number of hydrogen-bond donors (Lipinski definition) is 0. The second-order valence-corrected chi connectivity index (χ2v) is 7.67. The highest BCUT2D eigenvalue weighted by Gasteiger charge is 2.33. The second kappa shape index (κ2) is 10.7. The molecule has 3 aromatic carbocycles. The van der Waals surface area contributed by atoms with Crippen LogP contribution in [-0.2, 0) is 25.3 Å². The Labute approximate surface area is 193 Å². The summed E-state index contributed by atoms with van der Waals surface area (Å²) in [7, 11) is 0.594. The minimum Gasteiger partial charge on any atom is -0.494 e. The first-order valence-electron chi connectivity index (χ1n) is 10.7. The molecule has 168 valence electrons. The van der Waals surface area contributed by atoms with Crippen LogP contribution in [-0.4, -0.2) is 50.7 Å². The molecule has 0 bridgehead atoms. The van der Waals surface area contributed by atoms with Crippen molar-refractivity contribution < 1.29 is 28.4 Å². The zero-order chi connectivity index (χ0) is 23.0. The lowest BCUT2D eigenvalue weighted by atomic mass is 9.78. The SMILES string of the molecule is CN1CC(=O)OB(c2ccc(OCCc3ccccc3Oc3ccccc3)cc2)OC(=O)C1. The average Bonchev–Trinajstić information content (AvgIpc) is 2.80. The molecule has 0 radical (unpaired) electrons. The van der Waals surface area contributed by atoms with Crippen molar-refractivity contribution in [1.29, 1.82) is 0 Å². The molecule has 33 heavy (non-hydrogen) atoms. The molecule has 0 saturated carbocycles. The summed E-state index contributed by atoms with van der Waals surface area (Å²) in [5.41, 5.74) is 1.60. The Balaban J connectivity index is 1.34.